The highest BCUT2D eigenvalue weighted by Gasteiger charge is 2.31. The first-order chi connectivity index (χ1) is 11.1. The largest absolute Gasteiger partial charge is 0.375 e. The third kappa shape index (κ3) is 3.49. The minimum absolute atomic E-state index is 0.138. The lowest BCUT2D eigenvalue weighted by Gasteiger charge is -2.35. The fourth-order valence-electron chi connectivity index (χ4n) is 3.88. The van der Waals surface area contributed by atoms with E-state index in [4.69, 9.17) is 4.74 Å². The van der Waals surface area contributed by atoms with Gasteiger partial charge in [0.05, 0.1) is 17.1 Å². The fourth-order valence-corrected chi connectivity index (χ4v) is 3.88. The Hall–Kier alpha value is -1.63. The number of piperidine rings is 1. The van der Waals surface area contributed by atoms with Crippen molar-refractivity contribution in [2.45, 2.75) is 64.1 Å². The molecule has 7 heteroatoms. The van der Waals surface area contributed by atoms with Gasteiger partial charge in [0.2, 0.25) is 5.82 Å². The van der Waals surface area contributed by atoms with Gasteiger partial charge in [-0.1, -0.05) is 19.3 Å². The zero-order valence-corrected chi connectivity index (χ0v) is 14.0. The molecular formula is C16H26N4O3. The van der Waals surface area contributed by atoms with Crippen molar-refractivity contribution in [2.75, 3.05) is 18.0 Å². The van der Waals surface area contributed by atoms with Gasteiger partial charge in [-0.25, -0.2) is 4.68 Å². The van der Waals surface area contributed by atoms with Crippen LogP contribution in [-0.4, -0.2) is 40.0 Å². The third-order valence-electron chi connectivity index (χ3n) is 5.02. The summed E-state index contributed by atoms with van der Waals surface area (Å²) in [6, 6.07) is 0. The molecule has 3 rings (SSSR count). The molecule has 0 bridgehead atoms. The van der Waals surface area contributed by atoms with E-state index in [1.165, 1.54) is 32.1 Å². The summed E-state index contributed by atoms with van der Waals surface area (Å²) in [5, 5.41) is 15.5. The van der Waals surface area contributed by atoms with Crippen molar-refractivity contribution in [3.8, 4) is 0 Å². The van der Waals surface area contributed by atoms with Crippen LogP contribution < -0.4 is 4.90 Å². The average molecular weight is 322 g/mol. The number of aryl methyl sites for hydroxylation is 2. The van der Waals surface area contributed by atoms with Gasteiger partial charge in [0, 0.05) is 20.1 Å². The van der Waals surface area contributed by atoms with Gasteiger partial charge in [-0.15, -0.1) is 0 Å². The summed E-state index contributed by atoms with van der Waals surface area (Å²) < 4.78 is 7.88. The van der Waals surface area contributed by atoms with Crippen molar-refractivity contribution in [1.82, 2.24) is 9.78 Å². The number of rotatable bonds is 4. The second kappa shape index (κ2) is 6.86. The monoisotopic (exact) mass is 322 g/mol. The minimum atomic E-state index is -0.317. The van der Waals surface area contributed by atoms with E-state index in [-0.39, 0.29) is 10.6 Å². The summed E-state index contributed by atoms with van der Waals surface area (Å²) in [4.78, 5) is 13.1. The van der Waals surface area contributed by atoms with E-state index in [9.17, 15) is 10.1 Å². The average Bonchev–Trinajstić information content (AvgIpc) is 2.83. The Bertz CT molecular complexity index is 558. The highest BCUT2D eigenvalue weighted by Crippen LogP contribution is 2.33. The molecule has 0 aromatic carbocycles. The van der Waals surface area contributed by atoms with Gasteiger partial charge in [-0.05, 0) is 32.6 Å². The molecule has 1 saturated carbocycles. The molecule has 0 N–H and O–H groups in total. The second-order valence-corrected chi connectivity index (χ2v) is 6.72. The topological polar surface area (TPSA) is 73.4 Å². The molecule has 0 atom stereocenters. The summed E-state index contributed by atoms with van der Waals surface area (Å²) in [6.45, 7) is 3.27. The quantitative estimate of drug-likeness (QED) is 0.629. The van der Waals surface area contributed by atoms with Crippen molar-refractivity contribution >= 4 is 11.5 Å². The van der Waals surface area contributed by atoms with E-state index in [1.54, 1.807) is 18.7 Å². The lowest BCUT2D eigenvalue weighted by molar-refractivity contribution is -0.384. The van der Waals surface area contributed by atoms with Gasteiger partial charge in [-0.2, -0.15) is 5.10 Å². The molecule has 0 unspecified atom stereocenters. The Kier molecular flexibility index (Phi) is 4.84. The van der Waals surface area contributed by atoms with Crippen molar-refractivity contribution in [3.63, 3.8) is 0 Å². The van der Waals surface area contributed by atoms with Gasteiger partial charge < -0.3 is 9.64 Å². The zero-order chi connectivity index (χ0) is 16.4. The van der Waals surface area contributed by atoms with E-state index in [0.717, 1.165) is 25.9 Å². The number of nitro groups is 1. The fraction of sp³-hybridized carbons (Fsp3) is 0.812. The molecule has 1 aliphatic heterocycles. The van der Waals surface area contributed by atoms with Gasteiger partial charge in [-0.3, -0.25) is 10.1 Å². The summed E-state index contributed by atoms with van der Waals surface area (Å²) in [5.41, 5.74) is 0.618. The van der Waals surface area contributed by atoms with E-state index in [1.807, 2.05) is 0 Å². The lowest BCUT2D eigenvalue weighted by atomic mass is 9.97. The Morgan fingerprint density at radius 3 is 2.35 bits per heavy atom. The van der Waals surface area contributed by atoms with Crippen LogP contribution in [-0.2, 0) is 11.8 Å². The van der Waals surface area contributed by atoms with Crippen LogP contribution in [0, 0.1) is 17.0 Å². The van der Waals surface area contributed by atoms with Crippen LogP contribution in [0.1, 0.15) is 50.6 Å². The molecule has 128 valence electrons. The molecule has 0 spiro atoms. The van der Waals surface area contributed by atoms with Crippen LogP contribution >= 0.6 is 0 Å². The van der Waals surface area contributed by atoms with Crippen molar-refractivity contribution in [1.29, 1.82) is 0 Å². The maximum absolute atomic E-state index is 11.3. The standard InChI is InChI=1S/C16H26N4O3/c1-12-15(20(21)22)16(18(2)17-12)19-10-8-14(9-11-19)23-13-6-4-3-5-7-13/h13-14H,3-11H2,1-2H3. The SMILES string of the molecule is Cc1nn(C)c(N2CCC(OC3CCCCC3)CC2)c1[N+](=O)[O-]. The van der Waals surface area contributed by atoms with Crippen LogP contribution in [0.15, 0.2) is 0 Å². The van der Waals surface area contributed by atoms with Gasteiger partial charge >= 0.3 is 5.69 Å². The highest BCUT2D eigenvalue weighted by molar-refractivity contribution is 5.61. The summed E-state index contributed by atoms with van der Waals surface area (Å²) in [7, 11) is 1.78. The molecule has 1 aliphatic carbocycles. The molecule has 23 heavy (non-hydrogen) atoms. The smallest absolute Gasteiger partial charge is 0.333 e. The number of ether oxygens (including phenoxy) is 1. The molecule has 0 amide bonds. The molecule has 0 radical (unpaired) electrons. The van der Waals surface area contributed by atoms with Crippen LogP contribution in [0.5, 0.6) is 0 Å². The first-order valence-corrected chi connectivity index (χ1v) is 8.64. The third-order valence-corrected chi connectivity index (χ3v) is 5.02. The molecule has 1 aromatic heterocycles. The summed E-state index contributed by atoms with van der Waals surface area (Å²) >= 11 is 0. The lowest BCUT2D eigenvalue weighted by Crippen LogP contribution is -2.39. The number of nitrogens with zero attached hydrogens (tertiary/aromatic N) is 4. The maximum atomic E-state index is 11.3. The number of anilines is 1. The summed E-state index contributed by atoms with van der Waals surface area (Å²) in [6.07, 6.45) is 8.85. The molecule has 2 fully saturated rings. The normalized spacial score (nSPS) is 20.9. The molecule has 2 heterocycles. The van der Waals surface area contributed by atoms with Crippen molar-refractivity contribution in [3.05, 3.63) is 15.8 Å². The van der Waals surface area contributed by atoms with Gasteiger partial charge in [0.25, 0.3) is 0 Å². The maximum Gasteiger partial charge on any atom is 0.333 e. The first kappa shape index (κ1) is 16.2. The van der Waals surface area contributed by atoms with Crippen LogP contribution in [0.4, 0.5) is 11.5 Å². The van der Waals surface area contributed by atoms with E-state index in [2.05, 4.69) is 10.00 Å². The van der Waals surface area contributed by atoms with E-state index in [0.29, 0.717) is 23.7 Å². The summed E-state index contributed by atoms with van der Waals surface area (Å²) in [5.74, 6) is 0.628. The molecule has 7 nitrogen and oxygen atoms in total. The van der Waals surface area contributed by atoms with Crippen molar-refractivity contribution in [2.24, 2.45) is 7.05 Å². The van der Waals surface area contributed by atoms with Crippen LogP contribution in [0.3, 0.4) is 0 Å². The number of aromatic nitrogens is 2. The first-order valence-electron chi connectivity index (χ1n) is 8.64. The molecule has 1 aromatic rings. The minimum Gasteiger partial charge on any atom is -0.375 e. The predicted octanol–water partition coefficient (Wildman–Crippen LogP) is 2.95. The van der Waals surface area contributed by atoms with E-state index < -0.39 is 0 Å². The zero-order valence-electron chi connectivity index (χ0n) is 14.0. The van der Waals surface area contributed by atoms with Crippen LogP contribution in [0.25, 0.3) is 0 Å². The Morgan fingerprint density at radius 1 is 1.13 bits per heavy atom. The van der Waals surface area contributed by atoms with Crippen molar-refractivity contribution < 1.29 is 9.66 Å². The molecule has 1 saturated heterocycles. The predicted molar refractivity (Wildman–Crippen MR) is 87.8 cm³/mol. The van der Waals surface area contributed by atoms with Gasteiger partial charge in [0.15, 0.2) is 0 Å². The number of hydrogen-bond donors (Lipinski definition) is 0. The Morgan fingerprint density at radius 2 is 1.74 bits per heavy atom. The second-order valence-electron chi connectivity index (χ2n) is 6.72. The Labute approximate surface area is 136 Å². The molecular weight excluding hydrogens is 296 g/mol. The Balaban J connectivity index is 1.62. The molecule has 2 aliphatic rings. The number of hydrogen-bond acceptors (Lipinski definition) is 5. The van der Waals surface area contributed by atoms with E-state index >= 15 is 0 Å². The highest BCUT2D eigenvalue weighted by atomic mass is 16.6. The van der Waals surface area contributed by atoms with Crippen LogP contribution in [0.2, 0.25) is 0 Å². The van der Waals surface area contributed by atoms with Gasteiger partial charge in [0.1, 0.15) is 5.69 Å².